The number of hydrogen-bond acceptors (Lipinski definition) is 5. The van der Waals surface area contributed by atoms with Crippen molar-refractivity contribution in [3.8, 4) is 0 Å². The summed E-state index contributed by atoms with van der Waals surface area (Å²) < 4.78 is 5.09. The van der Waals surface area contributed by atoms with E-state index in [1.165, 1.54) is 0 Å². The molecule has 0 spiro atoms. The van der Waals surface area contributed by atoms with E-state index in [4.69, 9.17) is 27.9 Å². The van der Waals surface area contributed by atoms with Gasteiger partial charge >= 0.3 is 5.97 Å². The average Bonchev–Trinajstić information content (AvgIpc) is 3.15. The summed E-state index contributed by atoms with van der Waals surface area (Å²) in [6.07, 6.45) is 0. The van der Waals surface area contributed by atoms with Gasteiger partial charge in [-0.3, -0.25) is 4.79 Å². The highest BCUT2D eigenvalue weighted by Gasteiger charge is 2.29. The van der Waals surface area contributed by atoms with Crippen LogP contribution in [0.1, 0.15) is 34.0 Å². The molecule has 1 aliphatic heterocycles. The third-order valence-corrected chi connectivity index (χ3v) is 6.15. The zero-order valence-corrected chi connectivity index (χ0v) is 21.1. The molecule has 0 bridgehead atoms. The molecule has 1 heterocycles. The van der Waals surface area contributed by atoms with Crippen molar-refractivity contribution in [2.75, 3.05) is 31.3 Å². The maximum absolute atomic E-state index is 13.2. The Kier molecular flexibility index (Phi) is 7.45. The summed E-state index contributed by atoms with van der Waals surface area (Å²) in [4.78, 5) is 27.3. The highest BCUT2D eigenvalue weighted by atomic mass is 35.5. The Morgan fingerprint density at radius 2 is 1.69 bits per heavy atom. The first-order valence-corrected chi connectivity index (χ1v) is 11.9. The Hall–Kier alpha value is -3.32. The van der Waals surface area contributed by atoms with Gasteiger partial charge in [-0.05, 0) is 50.8 Å². The molecular formula is C27H25Cl2N3O3. The number of carbonyl (C=O) groups excluding carboxylic acids is 2. The second-order valence-corrected chi connectivity index (χ2v) is 9.15. The Bertz CT molecular complexity index is 1300. The minimum Gasteiger partial charge on any atom is -0.462 e. The van der Waals surface area contributed by atoms with E-state index in [9.17, 15) is 9.59 Å². The molecule has 0 radical (unpaired) electrons. The summed E-state index contributed by atoms with van der Waals surface area (Å²) in [6, 6.07) is 18.2. The molecule has 0 saturated carbocycles. The van der Waals surface area contributed by atoms with E-state index in [-0.39, 0.29) is 12.5 Å². The van der Waals surface area contributed by atoms with Crippen LogP contribution in [0.4, 0.5) is 11.4 Å². The predicted molar refractivity (Wildman–Crippen MR) is 142 cm³/mol. The zero-order valence-electron chi connectivity index (χ0n) is 19.6. The number of nitrogens with zero attached hydrogens (tertiary/aromatic N) is 1. The van der Waals surface area contributed by atoms with Crippen LogP contribution >= 0.6 is 23.2 Å². The van der Waals surface area contributed by atoms with Gasteiger partial charge in [-0.15, -0.1) is 0 Å². The quantitative estimate of drug-likeness (QED) is 0.294. The molecule has 0 aliphatic carbocycles. The predicted octanol–water partition coefficient (Wildman–Crippen LogP) is 6.16. The maximum atomic E-state index is 13.2. The highest BCUT2D eigenvalue weighted by molar-refractivity contribution is 6.38. The molecule has 35 heavy (non-hydrogen) atoms. The number of hydrogen-bond donors (Lipinski definition) is 2. The van der Waals surface area contributed by atoms with Crippen LogP contribution in [0.5, 0.6) is 0 Å². The number of anilines is 2. The SMILES string of the molecule is CCOC(=O)c1ccc2c(c1)NC(=O)/C2=C(\Nc1cc(Cl)c(CN(C)C)c(Cl)c1)c1ccccc1. The van der Waals surface area contributed by atoms with E-state index in [1.807, 2.05) is 49.3 Å². The lowest BCUT2D eigenvalue weighted by Crippen LogP contribution is -2.12. The minimum absolute atomic E-state index is 0.272. The third-order valence-electron chi connectivity index (χ3n) is 5.47. The smallest absolute Gasteiger partial charge is 0.338 e. The van der Waals surface area contributed by atoms with Gasteiger partial charge in [0.15, 0.2) is 0 Å². The summed E-state index contributed by atoms with van der Waals surface area (Å²) >= 11 is 13.1. The van der Waals surface area contributed by atoms with E-state index in [1.54, 1.807) is 37.3 Å². The van der Waals surface area contributed by atoms with E-state index in [0.29, 0.717) is 50.4 Å². The van der Waals surface area contributed by atoms with E-state index < -0.39 is 5.97 Å². The fourth-order valence-corrected chi connectivity index (χ4v) is 4.54. The molecular weight excluding hydrogens is 485 g/mol. The van der Waals surface area contributed by atoms with Crippen LogP contribution in [0.25, 0.3) is 11.3 Å². The van der Waals surface area contributed by atoms with Gasteiger partial charge in [-0.25, -0.2) is 4.79 Å². The highest BCUT2D eigenvalue weighted by Crippen LogP contribution is 2.39. The summed E-state index contributed by atoms with van der Waals surface area (Å²) in [7, 11) is 3.89. The number of halogens is 2. The Morgan fingerprint density at radius 3 is 2.31 bits per heavy atom. The van der Waals surface area contributed by atoms with Crippen LogP contribution in [-0.4, -0.2) is 37.5 Å². The lowest BCUT2D eigenvalue weighted by Gasteiger charge is -2.18. The molecule has 3 aromatic carbocycles. The van der Waals surface area contributed by atoms with Crippen LogP contribution in [0, 0.1) is 0 Å². The summed E-state index contributed by atoms with van der Waals surface area (Å²) in [5, 5.41) is 7.30. The van der Waals surface area contributed by atoms with E-state index in [2.05, 4.69) is 10.6 Å². The molecule has 1 aliphatic rings. The molecule has 3 aromatic rings. The lowest BCUT2D eigenvalue weighted by molar-refractivity contribution is -0.110. The number of nitrogens with one attached hydrogen (secondary N) is 2. The van der Waals surface area contributed by atoms with Crippen LogP contribution in [0.15, 0.2) is 60.7 Å². The topological polar surface area (TPSA) is 70.7 Å². The summed E-state index contributed by atoms with van der Waals surface area (Å²) in [6.45, 7) is 2.62. The number of carbonyl (C=O) groups is 2. The monoisotopic (exact) mass is 509 g/mol. The second-order valence-electron chi connectivity index (χ2n) is 8.33. The van der Waals surface area contributed by atoms with Crippen molar-refractivity contribution in [3.63, 3.8) is 0 Å². The molecule has 8 heteroatoms. The van der Waals surface area contributed by atoms with Gasteiger partial charge in [0.2, 0.25) is 0 Å². The molecule has 6 nitrogen and oxygen atoms in total. The molecule has 0 fully saturated rings. The van der Waals surface area contributed by atoms with Crippen LogP contribution < -0.4 is 10.6 Å². The number of esters is 1. The Balaban J connectivity index is 1.81. The van der Waals surface area contributed by atoms with E-state index >= 15 is 0 Å². The Morgan fingerprint density at radius 1 is 1.00 bits per heavy atom. The number of fused-ring (bicyclic) bond motifs is 1. The summed E-state index contributed by atoms with van der Waals surface area (Å²) in [5.41, 5.74) is 4.93. The van der Waals surface area contributed by atoms with Crippen LogP contribution in [0.3, 0.4) is 0 Å². The van der Waals surface area contributed by atoms with E-state index in [0.717, 1.165) is 11.1 Å². The molecule has 1 amide bonds. The van der Waals surface area contributed by atoms with Gasteiger partial charge < -0.3 is 20.3 Å². The largest absolute Gasteiger partial charge is 0.462 e. The van der Waals surface area contributed by atoms with Crippen molar-refractivity contribution >= 4 is 57.7 Å². The van der Waals surface area contributed by atoms with Gasteiger partial charge in [0.05, 0.1) is 29.1 Å². The van der Waals surface area contributed by atoms with Crippen molar-refractivity contribution < 1.29 is 14.3 Å². The van der Waals surface area contributed by atoms with Crippen molar-refractivity contribution in [3.05, 3.63) is 93.0 Å². The van der Waals surface area contributed by atoms with Gasteiger partial charge in [0.25, 0.3) is 5.91 Å². The maximum Gasteiger partial charge on any atom is 0.338 e. The summed E-state index contributed by atoms with van der Waals surface area (Å²) in [5.74, 6) is -0.723. The van der Waals surface area contributed by atoms with Crippen LogP contribution in [0.2, 0.25) is 10.0 Å². The molecule has 4 rings (SSSR count). The van der Waals surface area contributed by atoms with Crippen molar-refractivity contribution in [2.24, 2.45) is 0 Å². The van der Waals surface area contributed by atoms with Crippen molar-refractivity contribution in [1.29, 1.82) is 0 Å². The fraction of sp³-hybridized carbons (Fsp3) is 0.185. The first kappa shape index (κ1) is 24.8. The first-order chi connectivity index (χ1) is 16.8. The van der Waals surface area contributed by atoms with Crippen molar-refractivity contribution in [2.45, 2.75) is 13.5 Å². The minimum atomic E-state index is -0.439. The standard InChI is InChI=1S/C27H25Cl2N3O3/c1-4-35-27(34)17-10-11-19-23(12-17)31-26(33)24(19)25(16-8-6-5-7-9-16)30-18-13-21(28)20(15-32(2)3)22(29)14-18/h5-14,30H,4,15H2,1-3H3,(H,31,33)/b25-24-. The Labute approximate surface area is 214 Å². The number of benzene rings is 3. The van der Waals surface area contributed by atoms with Gasteiger partial charge in [0, 0.05) is 33.4 Å². The first-order valence-electron chi connectivity index (χ1n) is 11.1. The number of amides is 1. The van der Waals surface area contributed by atoms with Gasteiger partial charge in [-0.1, -0.05) is 59.6 Å². The molecule has 0 saturated heterocycles. The average molecular weight is 510 g/mol. The van der Waals surface area contributed by atoms with Crippen LogP contribution in [-0.2, 0) is 16.1 Å². The third kappa shape index (κ3) is 5.35. The molecule has 0 aromatic heterocycles. The molecule has 0 atom stereocenters. The van der Waals surface area contributed by atoms with Gasteiger partial charge in [-0.2, -0.15) is 0 Å². The van der Waals surface area contributed by atoms with Gasteiger partial charge in [0.1, 0.15) is 0 Å². The number of rotatable bonds is 7. The normalized spacial score (nSPS) is 13.9. The number of ether oxygens (including phenoxy) is 1. The fourth-order valence-electron chi connectivity index (χ4n) is 3.93. The molecule has 2 N–H and O–H groups in total. The lowest BCUT2D eigenvalue weighted by atomic mass is 9.99. The molecule has 180 valence electrons. The second kappa shape index (κ2) is 10.5. The zero-order chi connectivity index (χ0) is 25.1. The van der Waals surface area contributed by atoms with Crippen molar-refractivity contribution in [1.82, 2.24) is 4.90 Å². The molecule has 0 unspecified atom stereocenters.